The van der Waals surface area contributed by atoms with Crippen molar-refractivity contribution in [3.63, 3.8) is 0 Å². The van der Waals surface area contributed by atoms with Gasteiger partial charge in [0.2, 0.25) is 0 Å². The maximum Gasteiger partial charge on any atom is 0.0447 e. The van der Waals surface area contributed by atoms with Crippen molar-refractivity contribution in [1.29, 1.82) is 0 Å². The zero-order valence-corrected chi connectivity index (χ0v) is 10.4. The van der Waals surface area contributed by atoms with Gasteiger partial charge in [0.1, 0.15) is 0 Å². The number of hydrogen-bond acceptors (Lipinski definition) is 1. The Morgan fingerprint density at radius 1 is 1.33 bits per heavy atom. The van der Waals surface area contributed by atoms with Crippen LogP contribution >= 0.6 is 11.6 Å². The van der Waals surface area contributed by atoms with E-state index in [1.165, 1.54) is 11.1 Å². The van der Waals surface area contributed by atoms with Crippen LogP contribution in [0.1, 0.15) is 37.8 Å². The van der Waals surface area contributed by atoms with Crippen molar-refractivity contribution in [2.24, 2.45) is 5.73 Å². The van der Waals surface area contributed by atoms with E-state index in [1.807, 2.05) is 12.1 Å². The van der Waals surface area contributed by atoms with Gasteiger partial charge in [-0.05, 0) is 50.8 Å². The lowest BCUT2D eigenvalue weighted by atomic mass is 9.77. The first-order valence-electron chi connectivity index (χ1n) is 5.43. The Bertz CT molecular complexity index is 366. The molecule has 82 valence electrons. The minimum atomic E-state index is -0.192. The van der Waals surface area contributed by atoms with E-state index in [0.29, 0.717) is 0 Å². The predicted octanol–water partition coefficient (Wildman–Crippen LogP) is 3.42. The SMILES string of the molecule is Cc1cccc(Cl)c1C1(C(C)(C)N)CC1. The van der Waals surface area contributed by atoms with Crippen LogP contribution in [-0.4, -0.2) is 5.54 Å². The molecular formula is C13H18ClN. The Kier molecular flexibility index (Phi) is 2.36. The van der Waals surface area contributed by atoms with Gasteiger partial charge >= 0.3 is 0 Å². The first kappa shape index (κ1) is 11.0. The number of benzene rings is 1. The highest BCUT2D eigenvalue weighted by Crippen LogP contribution is 2.57. The normalized spacial score (nSPS) is 19.0. The summed E-state index contributed by atoms with van der Waals surface area (Å²) in [5.41, 5.74) is 8.73. The van der Waals surface area contributed by atoms with Crippen molar-refractivity contribution in [3.05, 3.63) is 34.3 Å². The van der Waals surface area contributed by atoms with E-state index in [1.54, 1.807) is 0 Å². The molecule has 0 radical (unpaired) electrons. The summed E-state index contributed by atoms with van der Waals surface area (Å²) in [4.78, 5) is 0. The summed E-state index contributed by atoms with van der Waals surface area (Å²) in [5, 5.41) is 0.867. The van der Waals surface area contributed by atoms with Crippen molar-refractivity contribution in [3.8, 4) is 0 Å². The first-order valence-corrected chi connectivity index (χ1v) is 5.81. The molecule has 0 amide bonds. The van der Waals surface area contributed by atoms with Gasteiger partial charge in [0.25, 0.3) is 0 Å². The molecule has 0 bridgehead atoms. The Labute approximate surface area is 96.6 Å². The lowest BCUT2D eigenvalue weighted by Gasteiger charge is -2.33. The van der Waals surface area contributed by atoms with Crippen molar-refractivity contribution in [1.82, 2.24) is 0 Å². The number of aryl methyl sites for hydroxylation is 1. The third-order valence-corrected chi connectivity index (χ3v) is 4.00. The number of halogens is 1. The number of rotatable bonds is 2. The van der Waals surface area contributed by atoms with Crippen LogP contribution in [-0.2, 0) is 5.41 Å². The minimum Gasteiger partial charge on any atom is -0.325 e. The van der Waals surface area contributed by atoms with Crippen molar-refractivity contribution >= 4 is 11.6 Å². The Morgan fingerprint density at radius 2 is 1.93 bits per heavy atom. The molecule has 2 rings (SSSR count). The zero-order valence-electron chi connectivity index (χ0n) is 9.60. The van der Waals surface area contributed by atoms with Crippen LogP contribution in [0.25, 0.3) is 0 Å². The fraction of sp³-hybridized carbons (Fsp3) is 0.538. The summed E-state index contributed by atoms with van der Waals surface area (Å²) in [7, 11) is 0. The molecule has 0 aliphatic heterocycles. The molecule has 0 spiro atoms. The van der Waals surface area contributed by atoms with Gasteiger partial charge < -0.3 is 5.73 Å². The highest BCUT2D eigenvalue weighted by molar-refractivity contribution is 6.31. The zero-order chi connectivity index (χ0) is 11.3. The summed E-state index contributed by atoms with van der Waals surface area (Å²) in [5.74, 6) is 0. The van der Waals surface area contributed by atoms with Gasteiger partial charge in [-0.1, -0.05) is 23.7 Å². The van der Waals surface area contributed by atoms with Crippen LogP contribution < -0.4 is 5.73 Å². The fourth-order valence-electron chi connectivity index (χ4n) is 2.58. The molecule has 0 saturated heterocycles. The maximum atomic E-state index is 6.30. The highest BCUT2D eigenvalue weighted by Gasteiger charge is 2.55. The van der Waals surface area contributed by atoms with Gasteiger partial charge in [0.05, 0.1) is 0 Å². The first-order chi connectivity index (χ1) is 6.88. The molecule has 2 heteroatoms. The molecule has 1 aromatic rings. The van der Waals surface area contributed by atoms with Crippen LogP contribution in [0.3, 0.4) is 0 Å². The molecule has 1 aliphatic carbocycles. The van der Waals surface area contributed by atoms with E-state index in [0.717, 1.165) is 17.9 Å². The van der Waals surface area contributed by atoms with Crippen LogP contribution in [0, 0.1) is 6.92 Å². The second-order valence-electron chi connectivity index (χ2n) is 5.24. The van der Waals surface area contributed by atoms with Gasteiger partial charge in [-0.15, -0.1) is 0 Å². The molecule has 1 nitrogen and oxygen atoms in total. The molecule has 2 N–H and O–H groups in total. The van der Waals surface area contributed by atoms with E-state index < -0.39 is 0 Å². The number of nitrogens with two attached hydrogens (primary N) is 1. The molecule has 1 aliphatic rings. The minimum absolute atomic E-state index is 0.107. The molecular weight excluding hydrogens is 206 g/mol. The molecule has 15 heavy (non-hydrogen) atoms. The Morgan fingerprint density at radius 3 is 2.33 bits per heavy atom. The standard InChI is InChI=1S/C13H18ClN/c1-9-5-4-6-10(14)11(9)13(7-8-13)12(2,3)15/h4-6H,7-8,15H2,1-3H3. The van der Waals surface area contributed by atoms with Crippen LogP contribution in [0.5, 0.6) is 0 Å². The molecule has 1 saturated carbocycles. The van der Waals surface area contributed by atoms with Gasteiger partial charge in [0.15, 0.2) is 0 Å². The van der Waals surface area contributed by atoms with E-state index in [9.17, 15) is 0 Å². The molecule has 0 atom stereocenters. The van der Waals surface area contributed by atoms with E-state index >= 15 is 0 Å². The Hall–Kier alpha value is -0.530. The van der Waals surface area contributed by atoms with Gasteiger partial charge in [-0.2, -0.15) is 0 Å². The second kappa shape index (κ2) is 3.23. The molecule has 1 fully saturated rings. The lowest BCUT2D eigenvalue weighted by molar-refractivity contribution is 0.390. The van der Waals surface area contributed by atoms with Crippen LogP contribution in [0.2, 0.25) is 5.02 Å². The van der Waals surface area contributed by atoms with Crippen molar-refractivity contribution in [2.75, 3.05) is 0 Å². The third-order valence-electron chi connectivity index (χ3n) is 3.68. The van der Waals surface area contributed by atoms with Gasteiger partial charge in [0, 0.05) is 16.0 Å². The molecule has 0 heterocycles. The Balaban J connectivity index is 2.56. The predicted molar refractivity (Wildman–Crippen MR) is 65.4 cm³/mol. The summed E-state index contributed by atoms with van der Waals surface area (Å²) in [6.45, 7) is 6.32. The summed E-state index contributed by atoms with van der Waals surface area (Å²) >= 11 is 6.30. The summed E-state index contributed by atoms with van der Waals surface area (Å²) in [6.07, 6.45) is 2.31. The maximum absolute atomic E-state index is 6.30. The summed E-state index contributed by atoms with van der Waals surface area (Å²) < 4.78 is 0. The van der Waals surface area contributed by atoms with E-state index in [2.05, 4.69) is 26.8 Å². The largest absolute Gasteiger partial charge is 0.325 e. The van der Waals surface area contributed by atoms with E-state index in [4.69, 9.17) is 17.3 Å². The molecule has 1 aromatic carbocycles. The smallest absolute Gasteiger partial charge is 0.0447 e. The third kappa shape index (κ3) is 1.58. The molecule has 0 unspecified atom stereocenters. The van der Waals surface area contributed by atoms with Crippen LogP contribution in [0.15, 0.2) is 18.2 Å². The monoisotopic (exact) mass is 223 g/mol. The van der Waals surface area contributed by atoms with Gasteiger partial charge in [-0.3, -0.25) is 0 Å². The lowest BCUT2D eigenvalue weighted by Crippen LogP contribution is -2.45. The number of hydrogen-bond donors (Lipinski definition) is 1. The quantitative estimate of drug-likeness (QED) is 0.817. The average molecular weight is 224 g/mol. The second-order valence-corrected chi connectivity index (χ2v) is 5.64. The van der Waals surface area contributed by atoms with E-state index in [-0.39, 0.29) is 11.0 Å². The topological polar surface area (TPSA) is 26.0 Å². The average Bonchev–Trinajstić information content (AvgIpc) is 2.83. The van der Waals surface area contributed by atoms with Crippen molar-refractivity contribution in [2.45, 2.75) is 44.6 Å². The summed E-state index contributed by atoms with van der Waals surface area (Å²) in [6, 6.07) is 6.09. The van der Waals surface area contributed by atoms with Crippen LogP contribution in [0.4, 0.5) is 0 Å². The molecule has 0 aromatic heterocycles. The fourth-order valence-corrected chi connectivity index (χ4v) is 2.98. The van der Waals surface area contributed by atoms with Crippen molar-refractivity contribution < 1.29 is 0 Å². The van der Waals surface area contributed by atoms with Gasteiger partial charge in [-0.25, -0.2) is 0 Å². The highest BCUT2D eigenvalue weighted by atomic mass is 35.5.